The molecule has 0 spiro atoms. The van der Waals surface area contributed by atoms with Gasteiger partial charge in [-0.1, -0.05) is 12.1 Å². The maximum atomic E-state index is 12.4. The number of hydrogen-bond acceptors (Lipinski definition) is 6. The molecule has 2 aromatic rings. The molecule has 1 amide bonds. The number of nitrogens with zero attached hydrogens (tertiary/aromatic N) is 3. The van der Waals surface area contributed by atoms with E-state index in [0.29, 0.717) is 29.4 Å². The summed E-state index contributed by atoms with van der Waals surface area (Å²) in [5.74, 6) is -0.132. The Kier molecular flexibility index (Phi) is 5.78. The Labute approximate surface area is 152 Å². The molecular formula is C19H22N4O3. The molecule has 2 heterocycles. The molecule has 3 rings (SSSR count). The molecule has 0 aliphatic carbocycles. The number of nitrogens with one attached hydrogen (secondary N) is 1. The van der Waals surface area contributed by atoms with E-state index in [1.54, 1.807) is 31.2 Å². The van der Waals surface area contributed by atoms with Gasteiger partial charge in [0, 0.05) is 25.5 Å². The van der Waals surface area contributed by atoms with E-state index in [-0.39, 0.29) is 5.91 Å². The lowest BCUT2D eigenvalue weighted by atomic mass is 10.1. The zero-order valence-electron chi connectivity index (χ0n) is 14.8. The summed E-state index contributed by atoms with van der Waals surface area (Å²) < 4.78 is 5.05. The Morgan fingerprint density at radius 3 is 2.50 bits per heavy atom. The number of para-hydroxylation sites is 1. The minimum atomic E-state index is -0.410. The van der Waals surface area contributed by atoms with E-state index in [9.17, 15) is 9.59 Å². The van der Waals surface area contributed by atoms with E-state index in [4.69, 9.17) is 4.74 Å². The molecule has 1 aromatic carbocycles. The van der Waals surface area contributed by atoms with Gasteiger partial charge in [0.15, 0.2) is 0 Å². The normalized spacial score (nSPS) is 14.0. The molecule has 0 bridgehead atoms. The number of anilines is 2. The first-order valence-electron chi connectivity index (χ1n) is 8.83. The van der Waals surface area contributed by atoms with Crippen molar-refractivity contribution in [1.29, 1.82) is 0 Å². The molecule has 1 aliphatic heterocycles. The number of piperidine rings is 1. The highest BCUT2D eigenvalue weighted by molar-refractivity contribution is 5.96. The molecule has 1 aliphatic rings. The van der Waals surface area contributed by atoms with E-state index in [1.165, 1.54) is 18.8 Å². The van der Waals surface area contributed by atoms with E-state index < -0.39 is 5.97 Å². The lowest BCUT2D eigenvalue weighted by Gasteiger charge is -2.26. The second kappa shape index (κ2) is 8.42. The van der Waals surface area contributed by atoms with Crippen LogP contribution in [0.25, 0.3) is 0 Å². The largest absolute Gasteiger partial charge is 0.462 e. The molecule has 1 fully saturated rings. The van der Waals surface area contributed by atoms with Crippen molar-refractivity contribution in [2.75, 3.05) is 25.0 Å². The van der Waals surface area contributed by atoms with Crippen molar-refractivity contribution in [3.63, 3.8) is 0 Å². The lowest BCUT2D eigenvalue weighted by molar-refractivity contribution is 0.0527. The van der Waals surface area contributed by atoms with Gasteiger partial charge >= 0.3 is 5.97 Å². The average molecular weight is 354 g/mol. The number of amides is 1. The van der Waals surface area contributed by atoms with E-state index in [2.05, 4.69) is 15.3 Å². The van der Waals surface area contributed by atoms with Gasteiger partial charge in [-0.05, 0) is 38.3 Å². The number of likely N-dealkylation sites (tertiary alicyclic amines) is 1. The van der Waals surface area contributed by atoms with Crippen molar-refractivity contribution >= 4 is 23.5 Å². The zero-order valence-corrected chi connectivity index (χ0v) is 14.8. The van der Waals surface area contributed by atoms with Crippen LogP contribution in [-0.2, 0) is 4.74 Å². The fourth-order valence-corrected chi connectivity index (χ4v) is 2.88. The molecule has 0 unspecified atom stereocenters. The number of carbonyl (C=O) groups is 2. The standard InChI is InChI=1S/C19H22N4O3/c1-2-26-18(25)15-8-4-5-9-16(15)22-19-20-12-14(13-21-19)17(24)23-10-6-3-7-11-23/h4-5,8-9,12-13H,2-3,6-7,10-11H2,1H3,(H,20,21,22). The smallest absolute Gasteiger partial charge is 0.340 e. The number of ether oxygens (including phenoxy) is 1. The maximum Gasteiger partial charge on any atom is 0.340 e. The monoisotopic (exact) mass is 354 g/mol. The van der Waals surface area contributed by atoms with Crippen molar-refractivity contribution in [3.05, 3.63) is 47.8 Å². The Morgan fingerprint density at radius 2 is 1.81 bits per heavy atom. The molecule has 0 radical (unpaired) electrons. The Bertz CT molecular complexity index is 771. The Balaban J connectivity index is 1.72. The molecule has 0 saturated carbocycles. The molecule has 1 aromatic heterocycles. The third kappa shape index (κ3) is 4.17. The highest BCUT2D eigenvalue weighted by atomic mass is 16.5. The molecular weight excluding hydrogens is 332 g/mol. The van der Waals surface area contributed by atoms with Crippen molar-refractivity contribution in [1.82, 2.24) is 14.9 Å². The average Bonchev–Trinajstić information content (AvgIpc) is 2.69. The maximum absolute atomic E-state index is 12.4. The summed E-state index contributed by atoms with van der Waals surface area (Å²) in [7, 11) is 0. The minimum absolute atomic E-state index is 0.0387. The van der Waals surface area contributed by atoms with Crippen molar-refractivity contribution in [3.8, 4) is 0 Å². The molecule has 26 heavy (non-hydrogen) atoms. The lowest BCUT2D eigenvalue weighted by Crippen LogP contribution is -2.35. The third-order valence-corrected chi connectivity index (χ3v) is 4.21. The fourth-order valence-electron chi connectivity index (χ4n) is 2.88. The van der Waals surface area contributed by atoms with Gasteiger partial charge in [-0.3, -0.25) is 4.79 Å². The SMILES string of the molecule is CCOC(=O)c1ccccc1Nc1ncc(C(=O)N2CCCCC2)cn1. The molecule has 1 N–H and O–H groups in total. The number of esters is 1. The number of rotatable bonds is 5. The summed E-state index contributed by atoms with van der Waals surface area (Å²) in [4.78, 5) is 34.7. The van der Waals surface area contributed by atoms with Gasteiger partial charge in [0.05, 0.1) is 23.4 Å². The van der Waals surface area contributed by atoms with E-state index >= 15 is 0 Å². The van der Waals surface area contributed by atoms with Crippen molar-refractivity contribution in [2.45, 2.75) is 26.2 Å². The van der Waals surface area contributed by atoms with Crippen LogP contribution in [0.15, 0.2) is 36.7 Å². The van der Waals surface area contributed by atoms with E-state index in [1.807, 2.05) is 4.90 Å². The molecule has 0 atom stereocenters. The third-order valence-electron chi connectivity index (χ3n) is 4.21. The number of benzene rings is 1. The first kappa shape index (κ1) is 17.8. The summed E-state index contributed by atoms with van der Waals surface area (Å²) in [5, 5.41) is 3.01. The van der Waals surface area contributed by atoms with Gasteiger partial charge in [0.1, 0.15) is 0 Å². The number of carbonyl (C=O) groups excluding carboxylic acids is 2. The highest BCUT2D eigenvalue weighted by Crippen LogP contribution is 2.20. The number of aromatic nitrogens is 2. The van der Waals surface area contributed by atoms with Crippen LogP contribution in [0.4, 0.5) is 11.6 Å². The van der Waals surface area contributed by atoms with Gasteiger partial charge in [-0.15, -0.1) is 0 Å². The highest BCUT2D eigenvalue weighted by Gasteiger charge is 2.19. The van der Waals surface area contributed by atoms with Crippen molar-refractivity contribution in [2.24, 2.45) is 0 Å². The van der Waals surface area contributed by atoms with Gasteiger partial charge in [-0.2, -0.15) is 0 Å². The summed E-state index contributed by atoms with van der Waals surface area (Å²) in [6, 6.07) is 7.00. The first-order chi connectivity index (χ1) is 12.7. The van der Waals surface area contributed by atoms with Gasteiger partial charge in [0.2, 0.25) is 5.95 Å². The predicted molar refractivity (Wildman–Crippen MR) is 97.5 cm³/mol. The van der Waals surface area contributed by atoms with Gasteiger partial charge in [-0.25, -0.2) is 14.8 Å². The second-order valence-electron chi connectivity index (χ2n) is 6.04. The van der Waals surface area contributed by atoms with Crippen LogP contribution in [-0.4, -0.2) is 46.4 Å². The van der Waals surface area contributed by atoms with Gasteiger partial charge < -0.3 is 15.0 Å². The predicted octanol–water partition coefficient (Wildman–Crippen LogP) is 3.02. The first-order valence-corrected chi connectivity index (χ1v) is 8.83. The quantitative estimate of drug-likeness (QED) is 0.831. The van der Waals surface area contributed by atoms with Crippen molar-refractivity contribution < 1.29 is 14.3 Å². The number of hydrogen-bond donors (Lipinski definition) is 1. The molecule has 136 valence electrons. The Hall–Kier alpha value is -2.96. The summed E-state index contributed by atoms with van der Waals surface area (Å²) >= 11 is 0. The van der Waals surface area contributed by atoms with E-state index in [0.717, 1.165) is 25.9 Å². The van der Waals surface area contributed by atoms with Crippen LogP contribution in [0.3, 0.4) is 0 Å². The summed E-state index contributed by atoms with van der Waals surface area (Å²) in [5.41, 5.74) is 1.43. The van der Waals surface area contributed by atoms with Crippen LogP contribution in [0.1, 0.15) is 46.9 Å². The van der Waals surface area contributed by atoms with Crippen LogP contribution in [0, 0.1) is 0 Å². The Morgan fingerprint density at radius 1 is 1.12 bits per heavy atom. The molecule has 7 heteroatoms. The minimum Gasteiger partial charge on any atom is -0.462 e. The van der Waals surface area contributed by atoms with Crippen LogP contribution in [0.2, 0.25) is 0 Å². The van der Waals surface area contributed by atoms with Gasteiger partial charge in [0.25, 0.3) is 5.91 Å². The summed E-state index contributed by atoms with van der Waals surface area (Å²) in [6.07, 6.45) is 6.27. The fraction of sp³-hybridized carbons (Fsp3) is 0.368. The molecule has 1 saturated heterocycles. The van der Waals surface area contributed by atoms with Crippen LogP contribution < -0.4 is 5.32 Å². The zero-order chi connectivity index (χ0) is 18.4. The summed E-state index contributed by atoms with van der Waals surface area (Å²) in [6.45, 7) is 3.63. The second-order valence-corrected chi connectivity index (χ2v) is 6.04. The topological polar surface area (TPSA) is 84.4 Å². The molecule has 7 nitrogen and oxygen atoms in total. The van der Waals surface area contributed by atoms with Crippen LogP contribution in [0.5, 0.6) is 0 Å². The van der Waals surface area contributed by atoms with Crippen LogP contribution >= 0.6 is 0 Å².